The molecule has 1 nitrogen and oxygen atoms in total. The molecule has 0 radical (unpaired) electrons. The maximum atomic E-state index is 10.6. The van der Waals surface area contributed by atoms with Gasteiger partial charge in [0, 0.05) is 14.3 Å². The monoisotopic (exact) mass is 158 g/mol. The molecule has 0 saturated heterocycles. The second-order valence-electron chi connectivity index (χ2n) is 4.27. The van der Waals surface area contributed by atoms with Crippen LogP contribution in [0.5, 0.6) is 0 Å². The molecule has 0 aromatic heterocycles. The van der Waals surface area contributed by atoms with Crippen LogP contribution in [0.25, 0.3) is 0 Å². The van der Waals surface area contributed by atoms with Gasteiger partial charge in [-0.1, -0.05) is 33.9 Å². The summed E-state index contributed by atoms with van der Waals surface area (Å²) in [5.74, 6) is 0. The zero-order valence-electron chi connectivity index (χ0n) is 7.64. The summed E-state index contributed by atoms with van der Waals surface area (Å²) in [6.07, 6.45) is 1.14. The van der Waals surface area contributed by atoms with E-state index in [-0.39, 0.29) is 5.41 Å². The predicted octanol–water partition coefficient (Wildman–Crippen LogP) is 2.09. The van der Waals surface area contributed by atoms with Crippen molar-refractivity contribution in [1.29, 1.82) is 0 Å². The molecule has 0 aliphatic heterocycles. The summed E-state index contributed by atoms with van der Waals surface area (Å²) in [6.45, 7) is 10.9. The van der Waals surface area contributed by atoms with Crippen molar-refractivity contribution in [3.8, 4) is 0 Å². The van der Waals surface area contributed by atoms with Crippen molar-refractivity contribution in [1.82, 2.24) is 0 Å². The molecule has 0 aliphatic carbocycles. The average molecular weight is 158 g/mol. The molecule has 1 unspecified atom stereocenters. The molecule has 0 spiro atoms. The molecule has 2 heteroatoms. The molecular weight excluding hydrogens is 140 g/mol. The van der Waals surface area contributed by atoms with Crippen molar-refractivity contribution >= 4 is 15.1 Å². The Bertz CT molecular complexity index is 113. The first-order valence-electron chi connectivity index (χ1n) is 3.85. The largest absolute Gasteiger partial charge is 0.303 e. The quantitative estimate of drug-likeness (QED) is 0.444. The van der Waals surface area contributed by atoms with E-state index in [1.165, 1.54) is 0 Å². The molecule has 0 rings (SSSR count). The van der Waals surface area contributed by atoms with Crippen LogP contribution in [0.4, 0.5) is 0 Å². The summed E-state index contributed by atoms with van der Waals surface area (Å²) < 4.78 is 0. The number of aldehydes is 1. The van der Waals surface area contributed by atoms with Crippen LogP contribution >= 0.6 is 0 Å². The first kappa shape index (κ1) is 9.89. The van der Waals surface area contributed by atoms with Gasteiger partial charge < -0.3 is 4.79 Å². The van der Waals surface area contributed by atoms with Gasteiger partial charge >= 0.3 is 0 Å². The van der Waals surface area contributed by atoms with Gasteiger partial charge in [-0.3, -0.25) is 0 Å². The Balaban J connectivity index is 4.21. The molecule has 10 heavy (non-hydrogen) atoms. The van der Waals surface area contributed by atoms with Crippen molar-refractivity contribution < 1.29 is 4.79 Å². The molecule has 0 saturated carbocycles. The summed E-state index contributed by atoms with van der Waals surface area (Å²) in [6, 6.07) is 0. The summed E-state index contributed by atoms with van der Waals surface area (Å²) in [4.78, 5) is 10.6. The minimum absolute atomic E-state index is 0.183. The fourth-order valence-electron chi connectivity index (χ4n) is 1.36. The highest BCUT2D eigenvalue weighted by molar-refractivity contribution is 6.60. The van der Waals surface area contributed by atoms with Crippen molar-refractivity contribution in [3.05, 3.63) is 0 Å². The second kappa shape index (κ2) is 3.33. The Labute approximate surface area is 65.4 Å². The van der Waals surface area contributed by atoms with Crippen molar-refractivity contribution in [2.45, 2.75) is 39.4 Å². The molecule has 60 valence electrons. The highest BCUT2D eigenvalue weighted by atomic mass is 28.3. The lowest BCUT2D eigenvalue weighted by molar-refractivity contribution is -0.109. The van der Waals surface area contributed by atoms with Crippen LogP contribution in [0.3, 0.4) is 0 Å². The van der Waals surface area contributed by atoms with Crippen LogP contribution in [0, 0.1) is 5.41 Å². The highest BCUT2D eigenvalue weighted by Gasteiger charge is 2.27. The molecule has 0 bridgehead atoms. The summed E-state index contributed by atoms with van der Waals surface area (Å²) >= 11 is 0. The van der Waals surface area contributed by atoms with Gasteiger partial charge in [0.2, 0.25) is 0 Å². The Kier molecular flexibility index (Phi) is 3.29. The van der Waals surface area contributed by atoms with E-state index in [2.05, 4.69) is 33.9 Å². The van der Waals surface area contributed by atoms with Gasteiger partial charge in [0.1, 0.15) is 6.29 Å². The maximum absolute atomic E-state index is 10.6. The Morgan fingerprint density at radius 3 is 1.70 bits per heavy atom. The van der Waals surface area contributed by atoms with Gasteiger partial charge in [0.15, 0.2) is 0 Å². The predicted molar refractivity (Wildman–Crippen MR) is 48.1 cm³/mol. The third-order valence-corrected chi connectivity index (χ3v) is 4.46. The smallest absolute Gasteiger partial charge is 0.120 e. The lowest BCUT2D eigenvalue weighted by Gasteiger charge is -2.28. The first-order chi connectivity index (χ1) is 4.39. The fraction of sp³-hybridized carbons (Fsp3) is 0.875. The lowest BCUT2D eigenvalue weighted by Crippen LogP contribution is -2.26. The van der Waals surface area contributed by atoms with Crippen LogP contribution in [0.1, 0.15) is 20.8 Å². The van der Waals surface area contributed by atoms with Crippen LogP contribution in [-0.2, 0) is 4.79 Å². The SMILES string of the molecule is C[SiH](C)C(C=O)C(C)(C)C. The summed E-state index contributed by atoms with van der Waals surface area (Å²) in [5.41, 5.74) is 0.509. The zero-order valence-corrected chi connectivity index (χ0v) is 8.79. The Morgan fingerprint density at radius 2 is 1.70 bits per heavy atom. The van der Waals surface area contributed by atoms with Gasteiger partial charge in [-0.05, 0) is 5.41 Å². The molecule has 0 aromatic carbocycles. The lowest BCUT2D eigenvalue weighted by atomic mass is 9.92. The van der Waals surface area contributed by atoms with E-state index in [9.17, 15) is 4.79 Å². The maximum Gasteiger partial charge on any atom is 0.120 e. The van der Waals surface area contributed by atoms with Crippen molar-refractivity contribution in [3.63, 3.8) is 0 Å². The third kappa shape index (κ3) is 2.65. The van der Waals surface area contributed by atoms with E-state index in [1.54, 1.807) is 0 Å². The molecule has 0 heterocycles. The average Bonchev–Trinajstić information content (AvgIpc) is 1.60. The molecule has 0 fully saturated rings. The van der Waals surface area contributed by atoms with Gasteiger partial charge in [0.25, 0.3) is 0 Å². The molecule has 0 aromatic rings. The van der Waals surface area contributed by atoms with Gasteiger partial charge in [0.05, 0.1) is 0 Å². The number of rotatable bonds is 2. The highest BCUT2D eigenvalue weighted by Crippen LogP contribution is 2.31. The third-order valence-electron chi connectivity index (χ3n) is 1.86. The molecule has 0 N–H and O–H groups in total. The summed E-state index contributed by atoms with van der Waals surface area (Å²) in [5, 5.41) is 0. The van der Waals surface area contributed by atoms with E-state index in [0.717, 1.165) is 6.29 Å². The standard InChI is InChI=1S/C8H18OSi/c1-8(2,3)7(6-9)10(4)5/h6-7,10H,1-5H3. The molecule has 0 aliphatic rings. The molecule has 0 amide bonds. The van der Waals surface area contributed by atoms with Gasteiger partial charge in [-0.2, -0.15) is 0 Å². The number of hydrogen-bond donors (Lipinski definition) is 0. The fourth-order valence-corrected chi connectivity index (χ4v) is 3.68. The second-order valence-corrected chi connectivity index (χ2v) is 7.48. The van der Waals surface area contributed by atoms with Crippen LogP contribution in [0.15, 0.2) is 0 Å². The van der Waals surface area contributed by atoms with E-state index in [0.29, 0.717) is 5.54 Å². The van der Waals surface area contributed by atoms with Crippen LogP contribution < -0.4 is 0 Å². The zero-order chi connectivity index (χ0) is 8.36. The van der Waals surface area contributed by atoms with Crippen LogP contribution in [0.2, 0.25) is 18.6 Å². The summed E-state index contributed by atoms with van der Waals surface area (Å²) in [7, 11) is -0.779. The molecule has 1 atom stereocenters. The van der Waals surface area contributed by atoms with E-state index >= 15 is 0 Å². The first-order valence-corrected chi connectivity index (χ1v) is 6.82. The minimum Gasteiger partial charge on any atom is -0.303 e. The topological polar surface area (TPSA) is 17.1 Å². The number of carbonyl (C=O) groups is 1. The van der Waals surface area contributed by atoms with Crippen LogP contribution in [-0.4, -0.2) is 15.1 Å². The van der Waals surface area contributed by atoms with E-state index in [1.807, 2.05) is 0 Å². The Morgan fingerprint density at radius 1 is 1.30 bits per heavy atom. The number of carbonyl (C=O) groups excluding carboxylic acids is 1. The van der Waals surface area contributed by atoms with E-state index in [4.69, 9.17) is 0 Å². The van der Waals surface area contributed by atoms with E-state index < -0.39 is 8.80 Å². The van der Waals surface area contributed by atoms with Gasteiger partial charge in [-0.15, -0.1) is 0 Å². The van der Waals surface area contributed by atoms with Crippen molar-refractivity contribution in [2.24, 2.45) is 5.41 Å². The normalized spacial score (nSPS) is 15.4. The van der Waals surface area contributed by atoms with Crippen molar-refractivity contribution in [2.75, 3.05) is 0 Å². The number of hydrogen-bond acceptors (Lipinski definition) is 1. The minimum atomic E-state index is -0.779. The molecular formula is C8H18OSi. The Hall–Kier alpha value is -0.113. The van der Waals surface area contributed by atoms with Gasteiger partial charge in [-0.25, -0.2) is 0 Å².